The van der Waals surface area contributed by atoms with Gasteiger partial charge in [0.05, 0.1) is 15.9 Å². The molecule has 1 heterocycles. The smallest absolute Gasteiger partial charge is 0.243 e. The third-order valence-electron chi connectivity index (χ3n) is 4.86. The van der Waals surface area contributed by atoms with E-state index in [0.717, 1.165) is 11.6 Å². The van der Waals surface area contributed by atoms with Crippen molar-refractivity contribution in [3.05, 3.63) is 53.6 Å². The lowest BCUT2D eigenvalue weighted by Gasteiger charge is -2.18. The second-order valence-electron chi connectivity index (χ2n) is 7.12. The highest BCUT2D eigenvalue weighted by molar-refractivity contribution is 7.98. The molecule has 0 amide bonds. The largest absolute Gasteiger partial charge is 0.316 e. The topological polar surface area (TPSA) is 55.2 Å². The minimum atomic E-state index is -3.59. The second-order valence-corrected chi connectivity index (χ2v) is 10.0. The van der Waals surface area contributed by atoms with E-state index in [2.05, 4.69) is 4.98 Å². The monoisotopic (exact) mass is 453 g/mol. The molecule has 2 aromatic carbocycles. The molecule has 9 heteroatoms. The molecular weight excluding hydrogens is 428 g/mol. The fourth-order valence-corrected chi connectivity index (χ4v) is 5.92. The van der Waals surface area contributed by atoms with E-state index in [9.17, 15) is 17.2 Å². The molecule has 3 aromatic rings. The average molecular weight is 454 g/mol. The lowest BCUT2D eigenvalue weighted by atomic mass is 10.2. The summed E-state index contributed by atoms with van der Waals surface area (Å²) in [7, 11) is -3.59. The summed E-state index contributed by atoms with van der Waals surface area (Å²) in [4.78, 5) is 4.83. The highest BCUT2D eigenvalue weighted by Crippen LogP contribution is 2.32. The highest BCUT2D eigenvalue weighted by atomic mass is 32.2. The van der Waals surface area contributed by atoms with Crippen molar-refractivity contribution >= 4 is 32.8 Å². The summed E-state index contributed by atoms with van der Waals surface area (Å²) in [5, 5.41) is 0.654. The van der Waals surface area contributed by atoms with Crippen LogP contribution in [0.5, 0.6) is 0 Å². The van der Waals surface area contributed by atoms with Crippen molar-refractivity contribution in [3.8, 4) is 0 Å². The molecule has 1 aromatic heterocycles. The average Bonchev–Trinajstić information content (AvgIpc) is 3.05. The van der Waals surface area contributed by atoms with Crippen LogP contribution < -0.4 is 0 Å². The maximum absolute atomic E-state index is 14.0. The Bertz CT molecular complexity index is 1160. The van der Waals surface area contributed by atoms with Crippen molar-refractivity contribution < 1.29 is 17.2 Å². The van der Waals surface area contributed by atoms with Gasteiger partial charge in [-0.3, -0.25) is 0 Å². The van der Waals surface area contributed by atoms with E-state index in [-0.39, 0.29) is 16.7 Å². The van der Waals surface area contributed by atoms with Crippen molar-refractivity contribution in [2.45, 2.75) is 49.5 Å². The van der Waals surface area contributed by atoms with Gasteiger partial charge < -0.3 is 4.57 Å². The lowest BCUT2D eigenvalue weighted by Crippen LogP contribution is -2.30. The number of imidazole rings is 1. The molecule has 0 aliphatic rings. The summed E-state index contributed by atoms with van der Waals surface area (Å²) >= 11 is 1.33. The van der Waals surface area contributed by atoms with Crippen LogP contribution in [0.4, 0.5) is 8.78 Å². The molecular formula is C21H25F2N3O2S2. The molecule has 162 valence electrons. The van der Waals surface area contributed by atoms with Crippen molar-refractivity contribution in [3.63, 3.8) is 0 Å². The van der Waals surface area contributed by atoms with Gasteiger partial charge >= 0.3 is 0 Å². The Morgan fingerprint density at radius 3 is 2.40 bits per heavy atom. The summed E-state index contributed by atoms with van der Waals surface area (Å²) < 4.78 is 56.2. The number of aromatic nitrogens is 2. The number of nitrogens with zero attached hydrogens (tertiary/aromatic N) is 3. The fraction of sp³-hybridized carbons (Fsp3) is 0.381. The Morgan fingerprint density at radius 1 is 1.10 bits per heavy atom. The maximum atomic E-state index is 14.0. The molecule has 0 fully saturated rings. The number of fused-ring (bicyclic) bond motifs is 1. The van der Waals surface area contributed by atoms with Crippen LogP contribution in [-0.2, 0) is 15.8 Å². The molecule has 0 atom stereocenters. The molecule has 0 saturated carbocycles. The van der Waals surface area contributed by atoms with Gasteiger partial charge in [0.15, 0.2) is 5.16 Å². The number of benzene rings is 2. The predicted octanol–water partition coefficient (Wildman–Crippen LogP) is 5.22. The van der Waals surface area contributed by atoms with Crippen LogP contribution >= 0.6 is 11.8 Å². The van der Waals surface area contributed by atoms with Gasteiger partial charge in [-0.1, -0.05) is 31.7 Å². The Labute approximate surface area is 180 Å². The lowest BCUT2D eigenvalue weighted by molar-refractivity contribution is 0.445. The molecule has 0 aliphatic heterocycles. The standard InChI is InChI=1S/C21H25F2N3O2S2/c1-5-25(6-2)30(27,28)17-9-10-20-19(12-17)24-21(26(20)14(3)4)29-13-15-7-8-16(22)11-18(15)23/h7-12,14H,5-6,13H2,1-4H3. The van der Waals surface area contributed by atoms with E-state index < -0.39 is 21.7 Å². The maximum Gasteiger partial charge on any atom is 0.243 e. The van der Waals surface area contributed by atoms with E-state index in [0.29, 0.717) is 29.3 Å². The number of sulfonamides is 1. The van der Waals surface area contributed by atoms with E-state index in [1.165, 1.54) is 28.2 Å². The molecule has 0 aliphatic carbocycles. The molecule has 0 bridgehead atoms. The zero-order valence-corrected chi connectivity index (χ0v) is 19.0. The summed E-state index contributed by atoms with van der Waals surface area (Å²) in [6.07, 6.45) is 0. The van der Waals surface area contributed by atoms with Crippen LogP contribution in [0.1, 0.15) is 39.3 Å². The van der Waals surface area contributed by atoms with Crippen LogP contribution in [0.2, 0.25) is 0 Å². The minimum Gasteiger partial charge on any atom is -0.316 e. The summed E-state index contributed by atoms with van der Waals surface area (Å²) in [5.41, 5.74) is 1.76. The molecule has 0 spiro atoms. The van der Waals surface area contributed by atoms with Crippen LogP contribution in [0.25, 0.3) is 11.0 Å². The summed E-state index contributed by atoms with van der Waals surface area (Å²) in [6, 6.07) is 8.55. The third kappa shape index (κ3) is 4.38. The van der Waals surface area contributed by atoms with Crippen molar-refractivity contribution in [1.29, 1.82) is 0 Å². The fourth-order valence-electron chi connectivity index (χ4n) is 3.31. The molecule has 30 heavy (non-hydrogen) atoms. The van der Waals surface area contributed by atoms with E-state index >= 15 is 0 Å². The molecule has 0 N–H and O–H groups in total. The third-order valence-corrected chi connectivity index (χ3v) is 7.91. The van der Waals surface area contributed by atoms with Crippen molar-refractivity contribution in [2.24, 2.45) is 0 Å². The molecule has 5 nitrogen and oxygen atoms in total. The van der Waals surface area contributed by atoms with E-state index in [4.69, 9.17) is 0 Å². The van der Waals surface area contributed by atoms with Gasteiger partial charge in [0, 0.05) is 31.0 Å². The summed E-state index contributed by atoms with van der Waals surface area (Å²) in [5.74, 6) is -0.924. The van der Waals surface area contributed by atoms with Crippen molar-refractivity contribution in [1.82, 2.24) is 13.9 Å². The first-order valence-electron chi connectivity index (χ1n) is 9.77. The van der Waals surface area contributed by atoms with Crippen molar-refractivity contribution in [2.75, 3.05) is 13.1 Å². The van der Waals surface area contributed by atoms with Gasteiger partial charge in [-0.2, -0.15) is 4.31 Å². The summed E-state index contributed by atoms with van der Waals surface area (Å²) in [6.45, 7) is 8.39. The zero-order valence-electron chi connectivity index (χ0n) is 17.4. The number of thioether (sulfide) groups is 1. The van der Waals surface area contributed by atoms with Crippen LogP contribution in [0.3, 0.4) is 0 Å². The van der Waals surface area contributed by atoms with Crippen LogP contribution in [0.15, 0.2) is 46.5 Å². The number of hydrogen-bond donors (Lipinski definition) is 0. The van der Waals surface area contributed by atoms with Gasteiger partial charge in [0.1, 0.15) is 11.6 Å². The van der Waals surface area contributed by atoms with Crippen LogP contribution in [0, 0.1) is 11.6 Å². The van der Waals surface area contributed by atoms with E-state index in [1.807, 2.05) is 18.4 Å². The van der Waals surface area contributed by atoms with Gasteiger partial charge in [0.25, 0.3) is 0 Å². The second kappa shape index (κ2) is 9.03. The zero-order chi connectivity index (χ0) is 22.1. The Kier molecular flexibility index (Phi) is 6.84. The van der Waals surface area contributed by atoms with Gasteiger partial charge in [-0.05, 0) is 43.7 Å². The molecule has 3 rings (SSSR count). The van der Waals surface area contributed by atoms with Gasteiger partial charge in [-0.15, -0.1) is 0 Å². The Hall–Kier alpha value is -1.97. The predicted molar refractivity (Wildman–Crippen MR) is 116 cm³/mol. The number of halogens is 2. The Balaban J connectivity index is 2.00. The molecule has 0 saturated heterocycles. The molecule has 0 radical (unpaired) electrons. The Morgan fingerprint density at radius 2 is 1.80 bits per heavy atom. The quantitative estimate of drug-likeness (QED) is 0.439. The first-order valence-corrected chi connectivity index (χ1v) is 12.2. The number of hydrogen-bond acceptors (Lipinski definition) is 4. The van der Waals surface area contributed by atoms with E-state index in [1.54, 1.807) is 32.0 Å². The van der Waals surface area contributed by atoms with Gasteiger partial charge in [-0.25, -0.2) is 22.2 Å². The SMILES string of the molecule is CCN(CC)S(=O)(=O)c1ccc2c(c1)nc(SCc1ccc(F)cc1F)n2C(C)C. The van der Waals surface area contributed by atoms with Crippen LogP contribution in [-0.4, -0.2) is 35.4 Å². The molecule has 0 unspecified atom stereocenters. The first kappa shape index (κ1) is 22.7. The van der Waals surface area contributed by atoms with Gasteiger partial charge in [0.2, 0.25) is 10.0 Å². The normalized spacial score (nSPS) is 12.4. The highest BCUT2D eigenvalue weighted by Gasteiger charge is 2.23. The number of rotatable bonds is 8. The first-order chi connectivity index (χ1) is 14.2. The minimum absolute atomic E-state index is 0.0702.